The summed E-state index contributed by atoms with van der Waals surface area (Å²) in [6, 6.07) is 9.98. The lowest BCUT2D eigenvalue weighted by molar-refractivity contribution is -0.136. The summed E-state index contributed by atoms with van der Waals surface area (Å²) in [4.78, 5) is 57.7. The molecule has 0 radical (unpaired) electrons. The van der Waals surface area contributed by atoms with E-state index in [0.29, 0.717) is 17.9 Å². The molecular weight excluding hydrogens is 474 g/mol. The summed E-state index contributed by atoms with van der Waals surface area (Å²) in [7, 11) is 1.81. The van der Waals surface area contributed by atoms with Crippen molar-refractivity contribution in [3.8, 4) is 0 Å². The number of anilines is 1. The number of hydrogen-bond acceptors (Lipinski definition) is 8. The van der Waals surface area contributed by atoms with Gasteiger partial charge in [-0.2, -0.15) is 0 Å². The number of nitrogens with zero attached hydrogens (tertiary/aromatic N) is 6. The molecule has 2 aliphatic rings. The van der Waals surface area contributed by atoms with Gasteiger partial charge in [0.2, 0.25) is 11.8 Å². The van der Waals surface area contributed by atoms with E-state index in [-0.39, 0.29) is 30.0 Å². The van der Waals surface area contributed by atoms with Crippen molar-refractivity contribution in [2.75, 3.05) is 11.9 Å². The third kappa shape index (κ3) is 4.59. The first-order chi connectivity index (χ1) is 17.9. The molecule has 1 fully saturated rings. The molecule has 2 aliphatic heterocycles. The Morgan fingerprint density at radius 2 is 1.92 bits per heavy atom. The van der Waals surface area contributed by atoms with Crippen molar-refractivity contribution in [2.45, 2.75) is 51.2 Å². The number of piperidine rings is 1. The highest BCUT2D eigenvalue weighted by Crippen LogP contribution is 2.34. The molecule has 0 aliphatic carbocycles. The molecule has 4 amide bonds. The van der Waals surface area contributed by atoms with Crippen molar-refractivity contribution in [1.29, 1.82) is 0 Å². The van der Waals surface area contributed by atoms with Gasteiger partial charge in [-0.3, -0.25) is 34.4 Å². The summed E-state index contributed by atoms with van der Waals surface area (Å²) >= 11 is 0. The lowest BCUT2D eigenvalue weighted by Crippen LogP contribution is -2.54. The van der Waals surface area contributed by atoms with Crippen LogP contribution in [-0.2, 0) is 22.6 Å². The maximum Gasteiger partial charge on any atom is 0.264 e. The zero-order valence-corrected chi connectivity index (χ0v) is 20.6. The summed E-state index contributed by atoms with van der Waals surface area (Å²) in [5, 5.41) is 10.9. The van der Waals surface area contributed by atoms with Crippen LogP contribution in [0.2, 0.25) is 0 Å². The van der Waals surface area contributed by atoms with Gasteiger partial charge in [-0.1, -0.05) is 24.3 Å². The zero-order valence-electron chi connectivity index (χ0n) is 20.6. The number of amides is 4. The van der Waals surface area contributed by atoms with Gasteiger partial charge < -0.3 is 4.90 Å². The molecule has 0 saturated carbocycles. The van der Waals surface area contributed by atoms with Crippen LogP contribution in [0.4, 0.5) is 5.69 Å². The van der Waals surface area contributed by atoms with Gasteiger partial charge in [0, 0.05) is 31.8 Å². The fourth-order valence-corrected chi connectivity index (χ4v) is 4.89. The SMILES string of the molecule is CCC(Cc1ccccn1)n1cc(CN(C)c2cccc3c2C(=O)N(C2CCC(=O)NC2=O)C3=O)nn1. The van der Waals surface area contributed by atoms with Gasteiger partial charge in [0.25, 0.3) is 11.8 Å². The Labute approximate surface area is 213 Å². The van der Waals surface area contributed by atoms with Crippen molar-refractivity contribution < 1.29 is 19.2 Å². The van der Waals surface area contributed by atoms with Crippen LogP contribution in [0.5, 0.6) is 0 Å². The van der Waals surface area contributed by atoms with Crippen LogP contribution in [0.3, 0.4) is 0 Å². The van der Waals surface area contributed by atoms with E-state index >= 15 is 0 Å². The van der Waals surface area contributed by atoms with Crippen LogP contribution in [0.1, 0.15) is 64.3 Å². The molecule has 1 N–H and O–H groups in total. The number of rotatable bonds is 8. The quantitative estimate of drug-likeness (QED) is 0.463. The van der Waals surface area contributed by atoms with Gasteiger partial charge in [-0.05, 0) is 37.1 Å². The molecule has 37 heavy (non-hydrogen) atoms. The molecule has 2 atom stereocenters. The molecule has 5 rings (SSSR count). The molecule has 3 aromatic rings. The Balaban J connectivity index is 1.34. The largest absolute Gasteiger partial charge is 0.368 e. The summed E-state index contributed by atoms with van der Waals surface area (Å²) in [5.74, 6) is -2.11. The van der Waals surface area contributed by atoms with E-state index in [1.54, 1.807) is 24.4 Å². The predicted molar refractivity (Wildman–Crippen MR) is 133 cm³/mol. The molecule has 1 saturated heterocycles. The number of hydrogen-bond donors (Lipinski definition) is 1. The van der Waals surface area contributed by atoms with Crippen LogP contribution in [0.25, 0.3) is 0 Å². The standard InChI is InChI=1S/C26H27N7O4/c1-3-18(13-16-7-4-5-12-27-16)32-15-17(29-30-32)14-31(2)20-9-6-8-19-23(20)26(37)33(25(19)36)21-10-11-22(34)28-24(21)35/h4-9,12,15,18,21H,3,10-11,13-14H2,1-2H3,(H,28,34,35). The normalized spacial score (nSPS) is 18.1. The maximum absolute atomic E-state index is 13.4. The number of carbonyl (C=O) groups is 4. The number of carbonyl (C=O) groups excluding carboxylic acids is 4. The highest BCUT2D eigenvalue weighted by Gasteiger charge is 2.45. The second-order valence-electron chi connectivity index (χ2n) is 9.28. The van der Waals surface area contributed by atoms with Crippen LogP contribution in [0.15, 0.2) is 48.8 Å². The second kappa shape index (κ2) is 9.92. The van der Waals surface area contributed by atoms with Crippen molar-refractivity contribution in [1.82, 2.24) is 30.2 Å². The number of fused-ring (bicyclic) bond motifs is 1. The van der Waals surface area contributed by atoms with Gasteiger partial charge in [0.05, 0.1) is 35.6 Å². The average molecular weight is 502 g/mol. The molecule has 2 unspecified atom stereocenters. The molecule has 190 valence electrons. The van der Waals surface area contributed by atoms with Crippen LogP contribution < -0.4 is 10.2 Å². The average Bonchev–Trinajstić information content (AvgIpc) is 3.46. The molecule has 1 aromatic carbocycles. The number of imide groups is 2. The lowest BCUT2D eigenvalue weighted by atomic mass is 10.0. The van der Waals surface area contributed by atoms with E-state index in [0.717, 1.165) is 23.4 Å². The van der Waals surface area contributed by atoms with Crippen molar-refractivity contribution in [3.05, 3.63) is 71.3 Å². The smallest absolute Gasteiger partial charge is 0.264 e. The second-order valence-corrected chi connectivity index (χ2v) is 9.28. The van der Waals surface area contributed by atoms with Crippen molar-refractivity contribution >= 4 is 29.3 Å². The number of benzene rings is 1. The van der Waals surface area contributed by atoms with Crippen molar-refractivity contribution in [2.24, 2.45) is 0 Å². The monoisotopic (exact) mass is 501 g/mol. The van der Waals surface area contributed by atoms with Crippen LogP contribution >= 0.6 is 0 Å². The third-order valence-corrected chi connectivity index (χ3v) is 6.83. The summed E-state index contributed by atoms with van der Waals surface area (Å²) in [6.45, 7) is 2.45. The minimum absolute atomic E-state index is 0.0747. The fourth-order valence-electron chi connectivity index (χ4n) is 4.89. The number of nitrogens with one attached hydrogen (secondary N) is 1. The van der Waals surface area contributed by atoms with Gasteiger partial charge >= 0.3 is 0 Å². The van der Waals surface area contributed by atoms with E-state index in [1.165, 1.54) is 0 Å². The van der Waals surface area contributed by atoms with Gasteiger partial charge in [0.15, 0.2) is 0 Å². The Kier molecular flexibility index (Phi) is 6.51. The Hall–Kier alpha value is -4.41. The van der Waals surface area contributed by atoms with Gasteiger partial charge in [0.1, 0.15) is 11.7 Å². The van der Waals surface area contributed by atoms with Crippen molar-refractivity contribution in [3.63, 3.8) is 0 Å². The zero-order chi connectivity index (χ0) is 26.1. The maximum atomic E-state index is 13.4. The van der Waals surface area contributed by atoms with E-state index in [2.05, 4.69) is 27.5 Å². The topological polar surface area (TPSA) is 130 Å². The van der Waals surface area contributed by atoms with E-state index in [9.17, 15) is 19.2 Å². The van der Waals surface area contributed by atoms with Crippen LogP contribution in [-0.4, -0.2) is 61.6 Å². The fraction of sp³-hybridized carbons (Fsp3) is 0.346. The van der Waals surface area contributed by atoms with Crippen LogP contribution in [0, 0.1) is 0 Å². The highest BCUT2D eigenvalue weighted by molar-refractivity contribution is 6.25. The van der Waals surface area contributed by atoms with E-state index in [1.807, 2.05) is 41.0 Å². The molecule has 11 heteroatoms. The summed E-state index contributed by atoms with van der Waals surface area (Å²) < 4.78 is 1.84. The molecule has 2 aromatic heterocycles. The molecule has 11 nitrogen and oxygen atoms in total. The Morgan fingerprint density at radius 3 is 2.65 bits per heavy atom. The minimum atomic E-state index is -1.01. The first kappa shape index (κ1) is 24.3. The summed E-state index contributed by atoms with van der Waals surface area (Å²) in [6.07, 6.45) is 5.44. The molecular formula is C26H27N7O4. The third-order valence-electron chi connectivity index (χ3n) is 6.83. The van der Waals surface area contributed by atoms with E-state index < -0.39 is 29.7 Å². The minimum Gasteiger partial charge on any atom is -0.368 e. The number of pyridine rings is 1. The van der Waals surface area contributed by atoms with Gasteiger partial charge in [-0.25, -0.2) is 4.68 Å². The molecule has 0 spiro atoms. The molecule has 4 heterocycles. The first-order valence-corrected chi connectivity index (χ1v) is 12.2. The first-order valence-electron chi connectivity index (χ1n) is 12.2. The highest BCUT2D eigenvalue weighted by atomic mass is 16.2. The number of aromatic nitrogens is 4. The van der Waals surface area contributed by atoms with Gasteiger partial charge in [-0.15, -0.1) is 5.10 Å². The Morgan fingerprint density at radius 1 is 1.08 bits per heavy atom. The predicted octanol–water partition coefficient (Wildman–Crippen LogP) is 1.90. The Bertz CT molecular complexity index is 1370. The molecule has 0 bridgehead atoms. The lowest BCUT2D eigenvalue weighted by Gasteiger charge is -2.28. The van der Waals surface area contributed by atoms with E-state index in [4.69, 9.17) is 0 Å². The summed E-state index contributed by atoms with van der Waals surface area (Å²) in [5.41, 5.74) is 2.73.